The molecule has 0 spiro atoms. The molecule has 0 unspecified atom stereocenters. The number of aromatic carboxylic acids is 1. The van der Waals surface area contributed by atoms with Crippen molar-refractivity contribution in [2.45, 2.75) is 0 Å². The summed E-state index contributed by atoms with van der Waals surface area (Å²) < 4.78 is 14.6. The lowest BCUT2D eigenvalue weighted by molar-refractivity contribution is 0.0697. The maximum absolute atomic E-state index is 13.0. The number of hydrogen-bond donors (Lipinski definition) is 2. The number of carboxylic acids is 1. The van der Waals surface area contributed by atoms with E-state index in [2.05, 4.69) is 10.4 Å². The molecular formula is C14H15FN4O2. The lowest BCUT2D eigenvalue weighted by atomic mass is 10.2. The minimum Gasteiger partial charge on any atom is -0.477 e. The van der Waals surface area contributed by atoms with Gasteiger partial charge in [0.1, 0.15) is 17.2 Å². The van der Waals surface area contributed by atoms with E-state index >= 15 is 0 Å². The van der Waals surface area contributed by atoms with E-state index in [9.17, 15) is 14.3 Å². The Bertz CT molecular complexity index is 647. The quantitative estimate of drug-likeness (QED) is 0.886. The monoisotopic (exact) mass is 290 g/mol. The van der Waals surface area contributed by atoms with Gasteiger partial charge in [-0.25, -0.2) is 13.9 Å². The Morgan fingerprint density at radius 1 is 1.24 bits per heavy atom. The Hall–Kier alpha value is -2.41. The van der Waals surface area contributed by atoms with Crippen molar-refractivity contribution in [3.05, 3.63) is 41.8 Å². The zero-order valence-electron chi connectivity index (χ0n) is 11.3. The third kappa shape index (κ3) is 2.59. The largest absolute Gasteiger partial charge is 0.477 e. The van der Waals surface area contributed by atoms with Gasteiger partial charge in [0.2, 0.25) is 0 Å². The lowest BCUT2D eigenvalue weighted by Crippen LogP contribution is -2.44. The summed E-state index contributed by atoms with van der Waals surface area (Å²) >= 11 is 0. The van der Waals surface area contributed by atoms with Crippen LogP contribution < -0.4 is 10.2 Å². The van der Waals surface area contributed by atoms with Gasteiger partial charge in [-0.2, -0.15) is 5.10 Å². The predicted octanol–water partition coefficient (Wildman–Crippen LogP) is 1.12. The molecule has 2 N–H and O–H groups in total. The molecule has 1 saturated heterocycles. The fourth-order valence-electron chi connectivity index (χ4n) is 2.45. The molecule has 1 aromatic heterocycles. The molecule has 3 rings (SSSR count). The van der Waals surface area contributed by atoms with Gasteiger partial charge in [-0.1, -0.05) is 0 Å². The summed E-state index contributed by atoms with van der Waals surface area (Å²) in [7, 11) is 0. The van der Waals surface area contributed by atoms with Crippen LogP contribution in [0.3, 0.4) is 0 Å². The van der Waals surface area contributed by atoms with Crippen LogP contribution in [-0.4, -0.2) is 47.0 Å². The molecule has 0 bridgehead atoms. The predicted molar refractivity (Wildman–Crippen MR) is 75.6 cm³/mol. The van der Waals surface area contributed by atoms with Gasteiger partial charge in [-0.15, -0.1) is 0 Å². The maximum atomic E-state index is 13.0. The van der Waals surface area contributed by atoms with Crippen molar-refractivity contribution < 1.29 is 14.3 Å². The molecule has 6 nitrogen and oxygen atoms in total. The summed E-state index contributed by atoms with van der Waals surface area (Å²) in [5.41, 5.74) is 0.790. The van der Waals surface area contributed by atoms with Crippen molar-refractivity contribution >= 4 is 11.8 Å². The molecule has 2 heterocycles. The molecule has 1 aliphatic heterocycles. The smallest absolute Gasteiger partial charge is 0.341 e. The van der Waals surface area contributed by atoms with Gasteiger partial charge >= 0.3 is 5.97 Å². The highest BCUT2D eigenvalue weighted by Gasteiger charge is 2.24. The van der Waals surface area contributed by atoms with E-state index in [1.54, 1.807) is 16.8 Å². The van der Waals surface area contributed by atoms with Gasteiger partial charge in [-0.05, 0) is 24.3 Å². The standard InChI is InChI=1S/C14H15FN4O2/c15-10-1-3-11(4-2-10)19-13(12(9-17-19)14(20)21)18-7-5-16-6-8-18/h1-4,9,16H,5-8H2,(H,20,21). The third-order valence-electron chi connectivity index (χ3n) is 3.46. The maximum Gasteiger partial charge on any atom is 0.341 e. The molecule has 0 saturated carbocycles. The number of nitrogens with zero attached hydrogens (tertiary/aromatic N) is 3. The van der Waals surface area contributed by atoms with Crippen molar-refractivity contribution in [3.63, 3.8) is 0 Å². The van der Waals surface area contributed by atoms with Gasteiger partial charge in [0, 0.05) is 26.2 Å². The van der Waals surface area contributed by atoms with Crippen LogP contribution in [0.2, 0.25) is 0 Å². The first-order valence-electron chi connectivity index (χ1n) is 6.70. The number of carbonyl (C=O) groups is 1. The molecule has 7 heteroatoms. The number of carboxylic acid groups (broad SMARTS) is 1. The van der Waals surface area contributed by atoms with Crippen LogP contribution in [0.5, 0.6) is 0 Å². The number of piperazine rings is 1. The average Bonchev–Trinajstić information content (AvgIpc) is 2.94. The van der Waals surface area contributed by atoms with E-state index in [1.807, 2.05) is 4.90 Å². The average molecular weight is 290 g/mol. The molecule has 1 fully saturated rings. The molecule has 0 amide bonds. The molecule has 21 heavy (non-hydrogen) atoms. The number of rotatable bonds is 3. The fraction of sp³-hybridized carbons (Fsp3) is 0.286. The summed E-state index contributed by atoms with van der Waals surface area (Å²) in [6, 6.07) is 5.83. The van der Waals surface area contributed by atoms with E-state index in [-0.39, 0.29) is 11.4 Å². The van der Waals surface area contributed by atoms with E-state index in [4.69, 9.17) is 0 Å². The Kier molecular flexibility index (Phi) is 3.57. The number of aromatic nitrogens is 2. The van der Waals surface area contributed by atoms with Crippen molar-refractivity contribution in [1.29, 1.82) is 0 Å². The molecule has 0 aliphatic carbocycles. The van der Waals surface area contributed by atoms with E-state index in [1.165, 1.54) is 18.3 Å². The molecule has 0 radical (unpaired) electrons. The second kappa shape index (κ2) is 5.53. The van der Waals surface area contributed by atoms with Gasteiger partial charge in [0.15, 0.2) is 0 Å². The Balaban J connectivity index is 2.07. The summed E-state index contributed by atoms with van der Waals surface area (Å²) in [6.45, 7) is 2.97. The zero-order chi connectivity index (χ0) is 14.8. The molecule has 1 aliphatic rings. The van der Waals surface area contributed by atoms with Crippen molar-refractivity contribution in [1.82, 2.24) is 15.1 Å². The van der Waals surface area contributed by atoms with E-state index < -0.39 is 5.97 Å². The van der Waals surface area contributed by atoms with Crippen LogP contribution in [-0.2, 0) is 0 Å². The van der Waals surface area contributed by atoms with E-state index in [0.29, 0.717) is 24.6 Å². The van der Waals surface area contributed by atoms with E-state index in [0.717, 1.165) is 13.1 Å². The Morgan fingerprint density at radius 2 is 1.90 bits per heavy atom. The third-order valence-corrected chi connectivity index (χ3v) is 3.46. The zero-order valence-corrected chi connectivity index (χ0v) is 11.3. The molecular weight excluding hydrogens is 275 g/mol. The van der Waals surface area contributed by atoms with Gasteiger partial charge in [0.25, 0.3) is 0 Å². The fourth-order valence-corrected chi connectivity index (χ4v) is 2.45. The SMILES string of the molecule is O=C(O)c1cnn(-c2ccc(F)cc2)c1N1CCNCC1. The van der Waals surface area contributed by atoms with Crippen molar-refractivity contribution in [2.75, 3.05) is 31.1 Å². The van der Waals surface area contributed by atoms with Gasteiger partial charge in [0.05, 0.1) is 11.9 Å². The highest BCUT2D eigenvalue weighted by Crippen LogP contribution is 2.25. The van der Waals surface area contributed by atoms with Gasteiger partial charge in [-0.3, -0.25) is 0 Å². The minimum atomic E-state index is -1.02. The van der Waals surface area contributed by atoms with Crippen LogP contribution in [0.4, 0.5) is 10.2 Å². The first-order valence-corrected chi connectivity index (χ1v) is 6.70. The Labute approximate surface area is 120 Å². The summed E-state index contributed by atoms with van der Waals surface area (Å²) in [6.07, 6.45) is 1.34. The van der Waals surface area contributed by atoms with Crippen molar-refractivity contribution in [3.8, 4) is 5.69 Å². The summed E-state index contributed by atoms with van der Waals surface area (Å²) in [5, 5.41) is 16.7. The summed E-state index contributed by atoms with van der Waals surface area (Å²) in [4.78, 5) is 13.4. The first kappa shape index (κ1) is 13.6. The molecule has 1 aromatic carbocycles. The number of benzene rings is 1. The number of nitrogens with one attached hydrogen (secondary N) is 1. The van der Waals surface area contributed by atoms with Gasteiger partial charge < -0.3 is 15.3 Å². The Morgan fingerprint density at radius 3 is 2.52 bits per heavy atom. The van der Waals surface area contributed by atoms with Crippen LogP contribution >= 0.6 is 0 Å². The number of anilines is 1. The van der Waals surface area contributed by atoms with Crippen LogP contribution in [0.25, 0.3) is 5.69 Å². The lowest BCUT2D eigenvalue weighted by Gasteiger charge is -2.30. The van der Waals surface area contributed by atoms with Crippen LogP contribution in [0.1, 0.15) is 10.4 Å². The highest BCUT2D eigenvalue weighted by atomic mass is 19.1. The second-order valence-electron chi connectivity index (χ2n) is 4.81. The minimum absolute atomic E-state index is 0.154. The molecule has 2 aromatic rings. The second-order valence-corrected chi connectivity index (χ2v) is 4.81. The molecule has 0 atom stereocenters. The van der Waals surface area contributed by atoms with Crippen molar-refractivity contribution in [2.24, 2.45) is 0 Å². The molecule has 110 valence electrons. The number of hydrogen-bond acceptors (Lipinski definition) is 4. The first-order chi connectivity index (χ1) is 10.2. The van der Waals surface area contributed by atoms with Crippen LogP contribution in [0.15, 0.2) is 30.5 Å². The topological polar surface area (TPSA) is 70.4 Å². The normalized spacial score (nSPS) is 15.2. The highest BCUT2D eigenvalue weighted by molar-refractivity contribution is 5.93. The summed E-state index contributed by atoms with van der Waals surface area (Å²) in [5.74, 6) is -0.819. The number of halogens is 1. The van der Waals surface area contributed by atoms with Crippen LogP contribution in [0, 0.1) is 5.82 Å².